The number of hydrogen-bond acceptors (Lipinski definition) is 3. The number of amides is 1. The summed E-state index contributed by atoms with van der Waals surface area (Å²) in [6, 6.07) is 10.2. The largest absolute Gasteiger partial charge is 0.619 e. The minimum absolute atomic E-state index is 0.311. The van der Waals surface area contributed by atoms with Crippen LogP contribution < -0.4 is 14.8 Å². The van der Waals surface area contributed by atoms with E-state index in [4.69, 9.17) is 4.74 Å². The van der Waals surface area contributed by atoms with Crippen LogP contribution in [0.25, 0.3) is 0 Å². The van der Waals surface area contributed by atoms with Crippen molar-refractivity contribution < 1.29 is 14.3 Å². The number of nitrogens with zero attached hydrogens (tertiary/aromatic N) is 1. The van der Waals surface area contributed by atoms with Gasteiger partial charge in [0.15, 0.2) is 12.4 Å². The Morgan fingerprint density at radius 3 is 2.68 bits per heavy atom. The summed E-state index contributed by atoms with van der Waals surface area (Å²) in [5, 5.41) is 13.8. The van der Waals surface area contributed by atoms with Crippen molar-refractivity contribution in [2.75, 3.05) is 11.9 Å². The Morgan fingerprint density at radius 1 is 1.32 bits per heavy atom. The highest BCUT2D eigenvalue weighted by Gasteiger charge is 2.08. The molecule has 5 nitrogen and oxygen atoms in total. The maximum atomic E-state index is 11.9. The van der Waals surface area contributed by atoms with E-state index >= 15 is 0 Å². The Bertz CT molecular complexity index is 567. The van der Waals surface area contributed by atoms with Crippen LogP contribution in [0.15, 0.2) is 48.8 Å². The molecule has 0 unspecified atom stereocenters. The van der Waals surface area contributed by atoms with E-state index in [9.17, 15) is 10.0 Å². The number of ether oxygens (including phenoxy) is 1. The number of aromatic nitrogens is 1. The minimum Gasteiger partial charge on any atom is -0.619 e. The highest BCUT2D eigenvalue weighted by atomic mass is 16.5. The molecule has 0 atom stereocenters. The number of nitrogens with one attached hydrogen (secondary N) is 1. The first-order chi connectivity index (χ1) is 9.19. The summed E-state index contributed by atoms with van der Waals surface area (Å²) in [5.74, 6) is 0.423. The molecule has 1 amide bonds. The Hall–Kier alpha value is -2.56. The van der Waals surface area contributed by atoms with Gasteiger partial charge in [-0.2, -0.15) is 4.73 Å². The molecule has 0 aliphatic heterocycles. The maximum Gasteiger partial charge on any atom is 0.261 e. The van der Waals surface area contributed by atoms with Gasteiger partial charge in [-0.25, -0.2) is 0 Å². The van der Waals surface area contributed by atoms with Crippen LogP contribution in [-0.4, -0.2) is 12.5 Å². The van der Waals surface area contributed by atoms with E-state index in [-0.39, 0.29) is 5.91 Å². The smallest absolute Gasteiger partial charge is 0.261 e. The van der Waals surface area contributed by atoms with Crippen LogP contribution >= 0.6 is 0 Å². The van der Waals surface area contributed by atoms with Gasteiger partial charge in [0.25, 0.3) is 5.91 Å². The zero-order valence-corrected chi connectivity index (χ0v) is 10.5. The van der Waals surface area contributed by atoms with E-state index in [2.05, 4.69) is 5.32 Å². The quantitative estimate of drug-likeness (QED) is 0.673. The third-order valence-electron chi connectivity index (χ3n) is 2.46. The fourth-order valence-corrected chi connectivity index (χ4v) is 1.59. The summed E-state index contributed by atoms with van der Waals surface area (Å²) in [4.78, 5) is 11.9. The number of carbonyl (C=O) groups excluding carboxylic acids is 1. The molecule has 98 valence electrons. The number of pyridine rings is 1. The molecule has 0 saturated heterocycles. The normalized spacial score (nSPS) is 9.95. The number of anilines is 1. The molecule has 19 heavy (non-hydrogen) atoms. The second-order valence-corrected chi connectivity index (χ2v) is 3.86. The van der Waals surface area contributed by atoms with Gasteiger partial charge >= 0.3 is 0 Å². The number of benzene rings is 1. The summed E-state index contributed by atoms with van der Waals surface area (Å²) >= 11 is 0. The molecule has 1 heterocycles. The van der Waals surface area contributed by atoms with E-state index < -0.39 is 0 Å². The lowest BCUT2D eigenvalue weighted by atomic mass is 10.2. The van der Waals surface area contributed by atoms with Gasteiger partial charge in [0.05, 0.1) is 6.61 Å². The summed E-state index contributed by atoms with van der Waals surface area (Å²) in [6.45, 7) is 2.50. The Morgan fingerprint density at radius 2 is 2.05 bits per heavy atom. The summed E-state index contributed by atoms with van der Waals surface area (Å²) in [5.41, 5.74) is 0.959. The topological polar surface area (TPSA) is 65.3 Å². The van der Waals surface area contributed by atoms with Crippen LogP contribution in [0.4, 0.5) is 5.69 Å². The summed E-state index contributed by atoms with van der Waals surface area (Å²) in [6.07, 6.45) is 2.55. The standard InChI is InChI=1S/C14H14N2O3/c1-2-19-13-7-5-12(6-8-13)15-14(17)11-4-3-9-16(18)10-11/h3-10H,2H2,1H3,(H,15,17). The van der Waals surface area contributed by atoms with Crippen molar-refractivity contribution in [1.82, 2.24) is 0 Å². The van der Waals surface area contributed by atoms with E-state index in [1.54, 1.807) is 30.3 Å². The molecule has 1 N–H and O–H groups in total. The molecule has 0 saturated carbocycles. The molecule has 5 heteroatoms. The SMILES string of the molecule is CCOc1ccc(NC(=O)c2ccc[n+]([O-])c2)cc1. The molecule has 2 rings (SSSR count). The molecule has 0 radical (unpaired) electrons. The highest BCUT2D eigenvalue weighted by Crippen LogP contribution is 2.16. The van der Waals surface area contributed by atoms with Crippen LogP contribution in [0.1, 0.15) is 17.3 Å². The zero-order chi connectivity index (χ0) is 13.7. The predicted molar refractivity (Wildman–Crippen MR) is 71.0 cm³/mol. The third kappa shape index (κ3) is 3.45. The molecule has 0 aliphatic carbocycles. The average molecular weight is 258 g/mol. The zero-order valence-electron chi connectivity index (χ0n) is 10.5. The second-order valence-electron chi connectivity index (χ2n) is 3.86. The van der Waals surface area contributed by atoms with Crippen molar-refractivity contribution in [3.05, 3.63) is 59.6 Å². The summed E-state index contributed by atoms with van der Waals surface area (Å²) < 4.78 is 5.90. The lowest BCUT2D eigenvalue weighted by molar-refractivity contribution is -0.605. The van der Waals surface area contributed by atoms with Crippen molar-refractivity contribution in [1.29, 1.82) is 0 Å². The van der Waals surface area contributed by atoms with Gasteiger partial charge in [-0.05, 0) is 37.3 Å². The average Bonchev–Trinajstić information content (AvgIpc) is 2.41. The van der Waals surface area contributed by atoms with Crippen molar-refractivity contribution in [3.8, 4) is 5.75 Å². The predicted octanol–water partition coefficient (Wildman–Crippen LogP) is 1.97. The van der Waals surface area contributed by atoms with Gasteiger partial charge in [0.2, 0.25) is 0 Å². The minimum atomic E-state index is -0.325. The van der Waals surface area contributed by atoms with Crippen molar-refractivity contribution in [3.63, 3.8) is 0 Å². The van der Waals surface area contributed by atoms with E-state index in [0.29, 0.717) is 22.6 Å². The Labute approximate surface area is 111 Å². The number of rotatable bonds is 4. The van der Waals surface area contributed by atoms with E-state index in [1.165, 1.54) is 18.5 Å². The van der Waals surface area contributed by atoms with Crippen LogP contribution in [0.5, 0.6) is 5.75 Å². The van der Waals surface area contributed by atoms with Gasteiger partial charge < -0.3 is 15.3 Å². The first-order valence-electron chi connectivity index (χ1n) is 5.92. The molecule has 0 bridgehead atoms. The maximum absolute atomic E-state index is 11.9. The Balaban J connectivity index is 2.06. The fourth-order valence-electron chi connectivity index (χ4n) is 1.59. The first-order valence-corrected chi connectivity index (χ1v) is 5.92. The molecule has 1 aromatic carbocycles. The van der Waals surface area contributed by atoms with Crippen LogP contribution in [0.3, 0.4) is 0 Å². The monoisotopic (exact) mass is 258 g/mol. The van der Waals surface area contributed by atoms with Crippen molar-refractivity contribution >= 4 is 11.6 Å². The molecular weight excluding hydrogens is 244 g/mol. The molecule has 0 aliphatic rings. The lowest BCUT2D eigenvalue weighted by Gasteiger charge is -2.06. The van der Waals surface area contributed by atoms with Crippen LogP contribution in [-0.2, 0) is 0 Å². The molecule has 0 spiro atoms. The molecule has 0 fully saturated rings. The van der Waals surface area contributed by atoms with Gasteiger partial charge in [0, 0.05) is 11.8 Å². The van der Waals surface area contributed by atoms with Gasteiger partial charge in [-0.3, -0.25) is 4.79 Å². The highest BCUT2D eigenvalue weighted by molar-refractivity contribution is 6.03. The van der Waals surface area contributed by atoms with Gasteiger partial charge in [-0.1, -0.05) is 0 Å². The first kappa shape index (κ1) is 12.9. The molecule has 1 aromatic heterocycles. The second kappa shape index (κ2) is 5.86. The van der Waals surface area contributed by atoms with Gasteiger partial charge in [-0.15, -0.1) is 0 Å². The van der Waals surface area contributed by atoms with E-state index in [0.717, 1.165) is 5.75 Å². The van der Waals surface area contributed by atoms with Crippen molar-refractivity contribution in [2.24, 2.45) is 0 Å². The number of carbonyl (C=O) groups is 1. The lowest BCUT2D eigenvalue weighted by Crippen LogP contribution is -2.27. The van der Waals surface area contributed by atoms with Gasteiger partial charge in [0.1, 0.15) is 11.3 Å². The fraction of sp³-hybridized carbons (Fsp3) is 0.143. The van der Waals surface area contributed by atoms with Crippen LogP contribution in [0.2, 0.25) is 0 Å². The Kier molecular flexibility index (Phi) is 3.97. The molecular formula is C14H14N2O3. The molecule has 2 aromatic rings. The summed E-state index contributed by atoms with van der Waals surface area (Å²) in [7, 11) is 0. The van der Waals surface area contributed by atoms with Crippen LogP contribution in [0, 0.1) is 5.21 Å². The number of hydrogen-bond donors (Lipinski definition) is 1. The van der Waals surface area contributed by atoms with Crippen molar-refractivity contribution in [2.45, 2.75) is 6.92 Å². The van der Waals surface area contributed by atoms with E-state index in [1.807, 2.05) is 6.92 Å². The third-order valence-corrected chi connectivity index (χ3v) is 2.46.